The average Bonchev–Trinajstić information content (AvgIpc) is 3.06. The molecule has 1 N–H and O–H groups in total. The first-order chi connectivity index (χ1) is 9.67. The van der Waals surface area contributed by atoms with Gasteiger partial charge in [0.25, 0.3) is 0 Å². The van der Waals surface area contributed by atoms with Crippen LogP contribution in [-0.4, -0.2) is 45.7 Å². The first-order valence-electron chi connectivity index (χ1n) is 5.87. The fourth-order valence-electron chi connectivity index (χ4n) is 1.60. The van der Waals surface area contributed by atoms with Gasteiger partial charge in [-0.05, 0) is 11.8 Å². The van der Waals surface area contributed by atoms with Crippen LogP contribution in [0.3, 0.4) is 0 Å². The summed E-state index contributed by atoms with van der Waals surface area (Å²) < 4.78 is 2.79. The van der Waals surface area contributed by atoms with Crippen molar-refractivity contribution >= 4 is 39.7 Å². The lowest BCUT2D eigenvalue weighted by atomic mass is 10.6. The van der Waals surface area contributed by atoms with Gasteiger partial charge in [-0.15, -0.1) is 10.2 Å². The molecule has 3 aromatic heterocycles. The molecule has 3 rings (SSSR count). The Morgan fingerprint density at radius 2 is 2.20 bits per heavy atom. The number of nitrogens with one attached hydrogen (secondary N) is 1. The third kappa shape index (κ3) is 2.41. The smallest absolute Gasteiger partial charge is 0.208 e. The van der Waals surface area contributed by atoms with Gasteiger partial charge in [0.15, 0.2) is 9.99 Å². The Morgan fingerprint density at radius 1 is 1.35 bits per heavy atom. The predicted octanol–water partition coefficient (Wildman–Crippen LogP) is 1.84. The molecule has 0 saturated heterocycles. The van der Waals surface area contributed by atoms with E-state index in [-0.39, 0.29) is 0 Å². The molecule has 3 aromatic rings. The molecule has 0 saturated carbocycles. The molecule has 0 bridgehead atoms. The Labute approximate surface area is 124 Å². The summed E-state index contributed by atoms with van der Waals surface area (Å²) in [5.41, 5.74) is 0.815. The Morgan fingerprint density at radius 3 is 2.90 bits per heavy atom. The molecule has 0 aliphatic heterocycles. The number of fused-ring (bicyclic) bond motifs is 1. The van der Waals surface area contributed by atoms with E-state index in [1.807, 2.05) is 42.8 Å². The van der Waals surface area contributed by atoms with Crippen molar-refractivity contribution in [1.82, 2.24) is 24.6 Å². The molecule has 0 atom stereocenters. The Hall–Kier alpha value is -1.87. The van der Waals surface area contributed by atoms with Crippen LogP contribution in [0.15, 0.2) is 28.0 Å². The van der Waals surface area contributed by atoms with Gasteiger partial charge in [0.1, 0.15) is 10.8 Å². The second kappa shape index (κ2) is 5.25. The first kappa shape index (κ1) is 13.1. The van der Waals surface area contributed by atoms with Crippen LogP contribution in [-0.2, 0) is 0 Å². The lowest BCUT2D eigenvalue weighted by molar-refractivity contribution is 0.968. The van der Waals surface area contributed by atoms with Crippen molar-refractivity contribution in [3.63, 3.8) is 0 Å². The molecular formula is C11H13N7S2. The van der Waals surface area contributed by atoms with Crippen molar-refractivity contribution in [1.29, 1.82) is 0 Å². The van der Waals surface area contributed by atoms with E-state index in [0.29, 0.717) is 0 Å². The zero-order valence-corrected chi connectivity index (χ0v) is 12.9. The van der Waals surface area contributed by atoms with Gasteiger partial charge < -0.3 is 14.6 Å². The predicted molar refractivity (Wildman–Crippen MR) is 80.9 cm³/mol. The number of hydrogen-bond acceptors (Lipinski definition) is 8. The molecule has 3 heterocycles. The van der Waals surface area contributed by atoms with Gasteiger partial charge >= 0.3 is 0 Å². The van der Waals surface area contributed by atoms with Crippen LogP contribution in [0, 0.1) is 0 Å². The Kier molecular flexibility index (Phi) is 3.45. The maximum Gasteiger partial charge on any atom is 0.208 e. The standard InChI is InChI=1S/C11H13N7S2/c1-12-7-6-18-5-4-13-8(18)9(14-7)19-11-16-15-10(20-11)17(2)3/h4-6,12H,1-3H3. The minimum atomic E-state index is 0.787. The molecule has 0 aliphatic carbocycles. The van der Waals surface area contributed by atoms with Crippen molar-refractivity contribution in [2.24, 2.45) is 0 Å². The van der Waals surface area contributed by atoms with Gasteiger partial charge in [-0.25, -0.2) is 9.97 Å². The Balaban J connectivity index is 1.98. The molecule has 0 spiro atoms. The molecule has 104 valence electrons. The second-order valence-corrected chi connectivity index (χ2v) is 6.38. The molecular weight excluding hydrogens is 294 g/mol. The molecule has 0 aliphatic rings. The lowest BCUT2D eigenvalue weighted by Gasteiger charge is -2.05. The summed E-state index contributed by atoms with van der Waals surface area (Å²) in [5.74, 6) is 0.787. The first-order valence-corrected chi connectivity index (χ1v) is 7.51. The minimum absolute atomic E-state index is 0.787. The molecule has 9 heteroatoms. The third-order valence-electron chi connectivity index (χ3n) is 2.56. The maximum atomic E-state index is 4.53. The van der Waals surface area contributed by atoms with Gasteiger partial charge in [-0.1, -0.05) is 11.3 Å². The number of aromatic nitrogens is 5. The van der Waals surface area contributed by atoms with Gasteiger partial charge in [-0.3, -0.25) is 0 Å². The summed E-state index contributed by atoms with van der Waals surface area (Å²) in [5, 5.41) is 13.0. The van der Waals surface area contributed by atoms with Crippen LogP contribution < -0.4 is 10.2 Å². The molecule has 20 heavy (non-hydrogen) atoms. The van der Waals surface area contributed by atoms with E-state index in [4.69, 9.17) is 0 Å². The summed E-state index contributed by atoms with van der Waals surface area (Å²) in [7, 11) is 5.73. The van der Waals surface area contributed by atoms with Gasteiger partial charge in [0.2, 0.25) is 5.13 Å². The zero-order valence-electron chi connectivity index (χ0n) is 11.2. The highest BCUT2D eigenvalue weighted by Crippen LogP contribution is 2.33. The fraction of sp³-hybridized carbons (Fsp3) is 0.273. The third-order valence-corrected chi connectivity index (χ3v) is 4.67. The number of anilines is 2. The molecule has 7 nitrogen and oxygen atoms in total. The number of hydrogen-bond donors (Lipinski definition) is 1. The Bertz CT molecular complexity index is 733. The van der Waals surface area contributed by atoms with Crippen LogP contribution in [0.2, 0.25) is 0 Å². The molecule has 0 fully saturated rings. The van der Waals surface area contributed by atoms with E-state index in [1.54, 1.807) is 6.20 Å². The zero-order chi connectivity index (χ0) is 14.1. The van der Waals surface area contributed by atoms with Crippen molar-refractivity contribution in [3.05, 3.63) is 18.6 Å². The molecule has 0 amide bonds. The highest BCUT2D eigenvalue weighted by atomic mass is 32.2. The van der Waals surface area contributed by atoms with Crippen LogP contribution in [0.25, 0.3) is 5.65 Å². The van der Waals surface area contributed by atoms with Crippen LogP contribution in [0.1, 0.15) is 0 Å². The largest absolute Gasteiger partial charge is 0.372 e. The number of rotatable bonds is 4. The minimum Gasteiger partial charge on any atom is -0.372 e. The summed E-state index contributed by atoms with van der Waals surface area (Å²) in [6.45, 7) is 0. The fourth-order valence-corrected chi connectivity index (χ4v) is 3.37. The van der Waals surface area contributed by atoms with Crippen molar-refractivity contribution in [2.75, 3.05) is 31.4 Å². The van der Waals surface area contributed by atoms with E-state index in [1.165, 1.54) is 23.1 Å². The summed E-state index contributed by atoms with van der Waals surface area (Å²) in [6, 6.07) is 0. The molecule has 0 unspecified atom stereocenters. The molecule has 0 aromatic carbocycles. The van der Waals surface area contributed by atoms with Gasteiger partial charge in [0, 0.05) is 33.5 Å². The normalized spacial score (nSPS) is 10.9. The number of nitrogens with zero attached hydrogens (tertiary/aromatic N) is 6. The molecule has 0 radical (unpaired) electrons. The van der Waals surface area contributed by atoms with E-state index in [2.05, 4.69) is 25.5 Å². The van der Waals surface area contributed by atoms with Crippen LogP contribution >= 0.6 is 23.1 Å². The SMILES string of the molecule is CNc1cn2ccnc2c(Sc2nnc(N(C)C)s2)n1. The lowest BCUT2D eigenvalue weighted by Crippen LogP contribution is -2.07. The van der Waals surface area contributed by atoms with Crippen molar-refractivity contribution in [3.8, 4) is 0 Å². The van der Waals surface area contributed by atoms with E-state index >= 15 is 0 Å². The van der Waals surface area contributed by atoms with Crippen molar-refractivity contribution < 1.29 is 0 Å². The summed E-state index contributed by atoms with van der Waals surface area (Å²) >= 11 is 3.00. The topological polar surface area (TPSA) is 71.2 Å². The van der Waals surface area contributed by atoms with E-state index in [0.717, 1.165) is 26.0 Å². The highest BCUT2D eigenvalue weighted by Gasteiger charge is 2.13. The van der Waals surface area contributed by atoms with Crippen molar-refractivity contribution in [2.45, 2.75) is 9.37 Å². The van der Waals surface area contributed by atoms with E-state index in [9.17, 15) is 0 Å². The second-order valence-electron chi connectivity index (χ2n) is 4.19. The number of imidazole rings is 1. The van der Waals surface area contributed by atoms with Crippen LogP contribution in [0.5, 0.6) is 0 Å². The maximum absolute atomic E-state index is 4.53. The quantitative estimate of drug-likeness (QED) is 0.788. The highest BCUT2D eigenvalue weighted by molar-refractivity contribution is 8.01. The summed E-state index contributed by atoms with van der Waals surface area (Å²) in [4.78, 5) is 10.8. The van der Waals surface area contributed by atoms with Gasteiger partial charge in [0.05, 0.1) is 6.20 Å². The van der Waals surface area contributed by atoms with E-state index < -0.39 is 0 Å². The van der Waals surface area contributed by atoms with Gasteiger partial charge in [-0.2, -0.15) is 0 Å². The monoisotopic (exact) mass is 307 g/mol. The average molecular weight is 307 g/mol. The van der Waals surface area contributed by atoms with Crippen LogP contribution in [0.4, 0.5) is 10.9 Å². The summed E-state index contributed by atoms with van der Waals surface area (Å²) in [6.07, 6.45) is 5.55.